The van der Waals surface area contributed by atoms with E-state index in [0.717, 1.165) is 5.56 Å². The van der Waals surface area contributed by atoms with Crippen LogP contribution in [0.15, 0.2) is 35.6 Å². The highest BCUT2D eigenvalue weighted by molar-refractivity contribution is 6.25. The monoisotopic (exact) mass is 301 g/mol. The van der Waals surface area contributed by atoms with Crippen LogP contribution < -0.4 is 0 Å². The first-order valence-corrected chi connectivity index (χ1v) is 6.02. The van der Waals surface area contributed by atoms with E-state index in [1.165, 1.54) is 19.1 Å². The van der Waals surface area contributed by atoms with Crippen LogP contribution in [0.4, 0.5) is 13.2 Å². The summed E-state index contributed by atoms with van der Waals surface area (Å²) in [5.74, 6) is -3.52. The van der Waals surface area contributed by atoms with Crippen molar-refractivity contribution in [3.05, 3.63) is 46.7 Å². The second kappa shape index (κ2) is 6.43. The van der Waals surface area contributed by atoms with Crippen LogP contribution in [0, 0.1) is 12.3 Å². The highest BCUT2D eigenvalue weighted by Crippen LogP contribution is 2.28. The number of carbonyl (C=O) groups excluding carboxylic acids is 1. The number of benzene rings is 1. The summed E-state index contributed by atoms with van der Waals surface area (Å²) in [4.78, 5) is 11.6. The van der Waals surface area contributed by atoms with Crippen molar-refractivity contribution >= 4 is 11.7 Å². The first-order chi connectivity index (χ1) is 9.68. The number of hydrogen-bond acceptors (Lipinski definition) is 4. The summed E-state index contributed by atoms with van der Waals surface area (Å²) >= 11 is 0. The summed E-state index contributed by atoms with van der Waals surface area (Å²) in [6.45, 7) is 3.01. The molecular weight excluding hydrogens is 287 g/mol. The number of carbonyl (C=O) groups is 1. The zero-order chi connectivity index (χ0) is 16.2. The standard InChI is InChI=1S/C14H14F3NO3/c1-3-21-13(20)10(12(19)14(15,16)17)11(18)9-6-4-8(2)5-7-9/h4-7,18-19H,3H2,1-2H3/b12-10+,18-11?. The van der Waals surface area contributed by atoms with Gasteiger partial charge in [-0.25, -0.2) is 4.79 Å². The Kier molecular flexibility index (Phi) is 5.12. The zero-order valence-corrected chi connectivity index (χ0v) is 11.4. The van der Waals surface area contributed by atoms with Gasteiger partial charge in [-0.1, -0.05) is 29.8 Å². The number of aliphatic hydroxyl groups is 1. The van der Waals surface area contributed by atoms with Crippen LogP contribution in [0.25, 0.3) is 0 Å². The van der Waals surface area contributed by atoms with Gasteiger partial charge in [0, 0.05) is 5.56 Å². The van der Waals surface area contributed by atoms with E-state index in [1.807, 2.05) is 0 Å². The Hall–Kier alpha value is -2.31. The Balaban J connectivity index is 3.34. The second-order valence-corrected chi connectivity index (χ2v) is 4.18. The lowest BCUT2D eigenvalue weighted by atomic mass is 10.00. The van der Waals surface area contributed by atoms with Gasteiger partial charge in [-0.15, -0.1) is 0 Å². The number of rotatable bonds is 4. The Morgan fingerprint density at radius 2 is 1.81 bits per heavy atom. The Labute approximate surface area is 119 Å². The molecule has 1 aromatic rings. The Morgan fingerprint density at radius 1 is 1.29 bits per heavy atom. The molecular formula is C14H14F3NO3. The van der Waals surface area contributed by atoms with Crippen molar-refractivity contribution in [2.45, 2.75) is 20.0 Å². The molecule has 0 unspecified atom stereocenters. The minimum atomic E-state index is -5.14. The van der Waals surface area contributed by atoms with E-state index in [2.05, 4.69) is 4.74 Å². The predicted molar refractivity (Wildman–Crippen MR) is 70.4 cm³/mol. The van der Waals surface area contributed by atoms with Crippen molar-refractivity contribution in [1.82, 2.24) is 0 Å². The molecule has 0 aliphatic heterocycles. The molecule has 0 amide bonds. The minimum Gasteiger partial charge on any atom is -0.504 e. The predicted octanol–water partition coefficient (Wildman–Crippen LogP) is 3.30. The van der Waals surface area contributed by atoms with E-state index in [0.29, 0.717) is 0 Å². The largest absolute Gasteiger partial charge is 0.504 e. The van der Waals surface area contributed by atoms with Gasteiger partial charge >= 0.3 is 12.1 Å². The second-order valence-electron chi connectivity index (χ2n) is 4.18. The van der Waals surface area contributed by atoms with Crippen molar-refractivity contribution < 1.29 is 27.8 Å². The van der Waals surface area contributed by atoms with Gasteiger partial charge in [0.05, 0.1) is 12.3 Å². The number of hydrogen-bond donors (Lipinski definition) is 2. The summed E-state index contributed by atoms with van der Waals surface area (Å²) in [5, 5.41) is 17.0. The van der Waals surface area contributed by atoms with E-state index in [-0.39, 0.29) is 12.2 Å². The highest BCUT2D eigenvalue weighted by Gasteiger charge is 2.40. The maximum atomic E-state index is 12.6. The summed E-state index contributed by atoms with van der Waals surface area (Å²) < 4.78 is 42.4. The van der Waals surface area contributed by atoms with E-state index in [1.54, 1.807) is 19.1 Å². The number of esters is 1. The molecule has 0 radical (unpaired) electrons. The molecule has 0 aromatic heterocycles. The molecule has 4 nitrogen and oxygen atoms in total. The fraction of sp³-hybridized carbons (Fsp3) is 0.286. The third kappa shape index (κ3) is 4.08. The van der Waals surface area contributed by atoms with E-state index < -0.39 is 29.2 Å². The maximum absolute atomic E-state index is 12.6. The minimum absolute atomic E-state index is 0.0689. The van der Waals surface area contributed by atoms with Crippen LogP contribution in [-0.4, -0.2) is 29.6 Å². The lowest BCUT2D eigenvalue weighted by Crippen LogP contribution is -2.24. The van der Waals surface area contributed by atoms with Crippen molar-refractivity contribution in [1.29, 1.82) is 5.41 Å². The topological polar surface area (TPSA) is 70.4 Å². The molecule has 0 heterocycles. The van der Waals surface area contributed by atoms with Gasteiger partial charge in [-0.3, -0.25) is 5.41 Å². The zero-order valence-electron chi connectivity index (χ0n) is 11.4. The van der Waals surface area contributed by atoms with Gasteiger partial charge in [0.2, 0.25) is 5.76 Å². The van der Waals surface area contributed by atoms with Gasteiger partial charge in [0.1, 0.15) is 5.57 Å². The normalized spacial score (nSPS) is 12.6. The molecule has 0 aliphatic rings. The average molecular weight is 301 g/mol. The molecule has 1 aromatic carbocycles. The van der Waals surface area contributed by atoms with Crippen LogP contribution in [0.3, 0.4) is 0 Å². The quantitative estimate of drug-likeness (QED) is 0.388. The molecule has 7 heteroatoms. The van der Waals surface area contributed by atoms with Crippen LogP contribution in [-0.2, 0) is 9.53 Å². The van der Waals surface area contributed by atoms with E-state index in [9.17, 15) is 23.1 Å². The summed E-state index contributed by atoms with van der Waals surface area (Å²) in [5.41, 5.74) is -1.04. The van der Waals surface area contributed by atoms with Crippen molar-refractivity contribution in [3.63, 3.8) is 0 Å². The van der Waals surface area contributed by atoms with Crippen molar-refractivity contribution in [2.75, 3.05) is 6.61 Å². The summed E-state index contributed by atoms with van der Waals surface area (Å²) in [6.07, 6.45) is -5.14. The van der Waals surface area contributed by atoms with Crippen molar-refractivity contribution in [2.24, 2.45) is 0 Å². The van der Waals surface area contributed by atoms with Gasteiger partial charge in [-0.05, 0) is 13.8 Å². The molecule has 21 heavy (non-hydrogen) atoms. The lowest BCUT2D eigenvalue weighted by molar-refractivity contribution is -0.141. The molecule has 2 N–H and O–H groups in total. The molecule has 114 valence electrons. The molecule has 0 spiro atoms. The number of aliphatic hydroxyl groups excluding tert-OH is 1. The van der Waals surface area contributed by atoms with Gasteiger partial charge in [0.25, 0.3) is 0 Å². The van der Waals surface area contributed by atoms with Gasteiger partial charge in [0.15, 0.2) is 0 Å². The first-order valence-electron chi connectivity index (χ1n) is 6.02. The molecule has 0 atom stereocenters. The molecule has 0 fully saturated rings. The fourth-order valence-electron chi connectivity index (χ4n) is 1.53. The Morgan fingerprint density at radius 3 is 2.24 bits per heavy atom. The average Bonchev–Trinajstić information content (AvgIpc) is 2.38. The summed E-state index contributed by atoms with van der Waals surface area (Å²) in [6, 6.07) is 5.94. The molecule has 1 rings (SSSR count). The first kappa shape index (κ1) is 16.7. The number of nitrogens with one attached hydrogen (secondary N) is 1. The molecule has 0 saturated carbocycles. The third-order valence-electron chi connectivity index (χ3n) is 2.58. The number of halogens is 3. The van der Waals surface area contributed by atoms with E-state index >= 15 is 0 Å². The van der Waals surface area contributed by atoms with Crippen molar-refractivity contribution in [3.8, 4) is 0 Å². The SMILES string of the molecule is CCOC(=O)/C(C(=N)c1ccc(C)cc1)=C(/O)C(F)(F)F. The number of ether oxygens (including phenoxy) is 1. The molecule has 0 bridgehead atoms. The van der Waals surface area contributed by atoms with Gasteiger partial charge < -0.3 is 9.84 Å². The summed E-state index contributed by atoms with van der Waals surface area (Å²) in [7, 11) is 0. The third-order valence-corrected chi connectivity index (χ3v) is 2.58. The van der Waals surface area contributed by atoms with Crippen LogP contribution in [0.2, 0.25) is 0 Å². The maximum Gasteiger partial charge on any atom is 0.449 e. The van der Waals surface area contributed by atoms with Crippen LogP contribution >= 0.6 is 0 Å². The Bertz CT molecular complexity index is 574. The number of alkyl halides is 3. The lowest BCUT2D eigenvalue weighted by Gasteiger charge is -2.13. The molecule has 0 saturated heterocycles. The van der Waals surface area contributed by atoms with E-state index in [4.69, 9.17) is 5.41 Å². The van der Waals surface area contributed by atoms with Crippen LogP contribution in [0.1, 0.15) is 18.1 Å². The van der Waals surface area contributed by atoms with Gasteiger partial charge in [-0.2, -0.15) is 13.2 Å². The number of allylic oxidation sites excluding steroid dienone is 1. The molecule has 0 aliphatic carbocycles. The fourth-order valence-corrected chi connectivity index (χ4v) is 1.53. The highest BCUT2D eigenvalue weighted by atomic mass is 19.4. The smallest absolute Gasteiger partial charge is 0.449 e. The number of aryl methyl sites for hydroxylation is 1. The van der Waals surface area contributed by atoms with Crippen LogP contribution in [0.5, 0.6) is 0 Å².